The van der Waals surface area contributed by atoms with Crippen LogP contribution in [-0.2, 0) is 5.41 Å². The van der Waals surface area contributed by atoms with Crippen LogP contribution in [-0.4, -0.2) is 17.6 Å². The predicted molar refractivity (Wildman–Crippen MR) is 195 cm³/mol. The van der Waals surface area contributed by atoms with Crippen molar-refractivity contribution in [3.05, 3.63) is 155 Å². The molecule has 6 aromatic carbocycles. The van der Waals surface area contributed by atoms with Gasteiger partial charge in [-0.05, 0) is 76.3 Å². The van der Waals surface area contributed by atoms with E-state index in [1.165, 1.54) is 75.9 Å². The van der Waals surface area contributed by atoms with E-state index in [1.54, 1.807) is 17.7 Å². The Kier molecular flexibility index (Phi) is 5.16. The first-order valence-corrected chi connectivity index (χ1v) is 16.4. The van der Waals surface area contributed by atoms with Crippen molar-refractivity contribution in [1.82, 2.24) is 4.57 Å². The number of para-hydroxylation sites is 1. The molecule has 8 aromatic rings. The van der Waals surface area contributed by atoms with Gasteiger partial charge >= 0.3 is 0 Å². The number of aliphatic imine (C=N–C) groups is 2. The van der Waals surface area contributed by atoms with Gasteiger partial charge in [0.25, 0.3) is 0 Å². The van der Waals surface area contributed by atoms with E-state index < -0.39 is 0 Å². The van der Waals surface area contributed by atoms with Crippen LogP contribution in [0, 0.1) is 6.92 Å². The smallest absolute Gasteiger partial charge is 0.115 e. The SMILES string of the molecule is C=NC=Nc1c(C)sc2c1ccc1c3ccccc3n(-c3ccc4c(c3)C3(c5ccccc5-c5ccccc53)c3ccccc3-4)c12. The fourth-order valence-corrected chi connectivity index (χ4v) is 9.60. The molecule has 0 atom stereocenters. The molecular formula is C42H27N3S. The van der Waals surface area contributed by atoms with Crippen LogP contribution in [0.25, 0.3) is 59.8 Å². The van der Waals surface area contributed by atoms with Crippen LogP contribution in [0.15, 0.2) is 137 Å². The van der Waals surface area contributed by atoms with Gasteiger partial charge in [-0.1, -0.05) is 109 Å². The minimum atomic E-state index is -0.387. The average molecular weight is 606 g/mol. The molecular weight excluding hydrogens is 579 g/mol. The zero-order chi connectivity index (χ0) is 30.6. The first kappa shape index (κ1) is 25.7. The lowest BCUT2D eigenvalue weighted by atomic mass is 9.70. The highest BCUT2D eigenvalue weighted by molar-refractivity contribution is 7.20. The highest BCUT2D eigenvalue weighted by Crippen LogP contribution is 2.63. The Morgan fingerprint density at radius 1 is 0.630 bits per heavy atom. The Hall–Kier alpha value is -5.58. The molecule has 0 radical (unpaired) electrons. The summed E-state index contributed by atoms with van der Waals surface area (Å²) in [6.07, 6.45) is 1.54. The van der Waals surface area contributed by atoms with Crippen molar-refractivity contribution >= 4 is 62.0 Å². The molecule has 0 N–H and O–H groups in total. The molecule has 0 saturated heterocycles. The van der Waals surface area contributed by atoms with E-state index in [0.717, 1.165) is 16.8 Å². The molecule has 2 heterocycles. The van der Waals surface area contributed by atoms with Crippen molar-refractivity contribution in [2.24, 2.45) is 9.98 Å². The number of benzene rings is 6. The highest BCUT2D eigenvalue weighted by atomic mass is 32.1. The zero-order valence-electron chi connectivity index (χ0n) is 25.2. The maximum absolute atomic E-state index is 4.68. The van der Waals surface area contributed by atoms with Crippen LogP contribution < -0.4 is 0 Å². The van der Waals surface area contributed by atoms with Crippen molar-refractivity contribution in [2.75, 3.05) is 0 Å². The summed E-state index contributed by atoms with van der Waals surface area (Å²) in [5, 5.41) is 3.64. The van der Waals surface area contributed by atoms with Gasteiger partial charge in [0, 0.05) is 26.7 Å². The number of aryl methyl sites for hydroxylation is 1. The van der Waals surface area contributed by atoms with Crippen molar-refractivity contribution in [3.63, 3.8) is 0 Å². The first-order valence-electron chi connectivity index (χ1n) is 15.6. The van der Waals surface area contributed by atoms with Gasteiger partial charge in [-0.15, -0.1) is 11.3 Å². The van der Waals surface area contributed by atoms with E-state index >= 15 is 0 Å². The molecule has 2 aliphatic rings. The van der Waals surface area contributed by atoms with E-state index in [2.05, 4.69) is 156 Å². The number of hydrogen-bond acceptors (Lipinski definition) is 2. The third-order valence-electron chi connectivity index (χ3n) is 10.1. The fourth-order valence-electron chi connectivity index (χ4n) is 8.46. The van der Waals surface area contributed by atoms with E-state index in [4.69, 9.17) is 0 Å². The molecule has 1 spiro atoms. The van der Waals surface area contributed by atoms with E-state index in [0.29, 0.717) is 0 Å². The van der Waals surface area contributed by atoms with Gasteiger partial charge in [0.05, 0.1) is 26.8 Å². The number of nitrogens with zero attached hydrogens (tertiary/aromatic N) is 3. The summed E-state index contributed by atoms with van der Waals surface area (Å²) < 4.78 is 3.71. The highest BCUT2D eigenvalue weighted by Gasteiger charge is 2.51. The van der Waals surface area contributed by atoms with Gasteiger partial charge in [-0.2, -0.15) is 0 Å². The minimum Gasteiger partial charge on any atom is -0.308 e. The summed E-state index contributed by atoms with van der Waals surface area (Å²) >= 11 is 1.80. The predicted octanol–water partition coefficient (Wildman–Crippen LogP) is 11.0. The molecule has 0 amide bonds. The quantitative estimate of drug-likeness (QED) is 0.142. The zero-order valence-corrected chi connectivity index (χ0v) is 26.0. The Morgan fingerprint density at radius 3 is 1.89 bits per heavy atom. The van der Waals surface area contributed by atoms with Crippen LogP contribution in [0.4, 0.5) is 5.69 Å². The molecule has 0 saturated carbocycles. The molecule has 3 nitrogen and oxygen atoms in total. The van der Waals surface area contributed by atoms with E-state index in [9.17, 15) is 0 Å². The van der Waals surface area contributed by atoms with E-state index in [1.807, 2.05) is 0 Å². The number of thiophene rings is 1. The van der Waals surface area contributed by atoms with Gasteiger partial charge in [-0.25, -0.2) is 4.99 Å². The Labute approximate surface area is 270 Å². The monoisotopic (exact) mass is 605 g/mol. The first-order chi connectivity index (χ1) is 22.7. The van der Waals surface area contributed by atoms with Gasteiger partial charge in [0.1, 0.15) is 6.34 Å². The summed E-state index contributed by atoms with van der Waals surface area (Å²) in [4.78, 5) is 9.75. The summed E-state index contributed by atoms with van der Waals surface area (Å²) in [7, 11) is 0. The van der Waals surface area contributed by atoms with Crippen LogP contribution in [0.5, 0.6) is 0 Å². The Balaban J connectivity index is 1.34. The summed E-state index contributed by atoms with van der Waals surface area (Å²) in [6, 6.07) is 47.4. The average Bonchev–Trinajstić information content (AvgIpc) is 3.80. The molecule has 216 valence electrons. The maximum atomic E-state index is 4.68. The molecule has 0 aliphatic heterocycles. The van der Waals surface area contributed by atoms with Crippen molar-refractivity contribution in [3.8, 4) is 27.9 Å². The second-order valence-corrected chi connectivity index (χ2v) is 13.5. The number of aromatic nitrogens is 1. The van der Waals surface area contributed by atoms with Gasteiger partial charge in [0.15, 0.2) is 0 Å². The number of rotatable bonds is 3. The number of fused-ring (bicyclic) bond motifs is 15. The molecule has 0 unspecified atom stereocenters. The summed E-state index contributed by atoms with van der Waals surface area (Å²) in [5.41, 5.74) is 14.8. The van der Waals surface area contributed by atoms with Crippen LogP contribution >= 0.6 is 11.3 Å². The molecule has 0 fully saturated rings. The summed E-state index contributed by atoms with van der Waals surface area (Å²) in [5.74, 6) is 0. The Morgan fingerprint density at radius 2 is 1.22 bits per heavy atom. The molecule has 0 bridgehead atoms. The van der Waals surface area contributed by atoms with Crippen molar-refractivity contribution < 1.29 is 0 Å². The van der Waals surface area contributed by atoms with E-state index in [-0.39, 0.29) is 5.41 Å². The third kappa shape index (κ3) is 3.07. The van der Waals surface area contributed by atoms with Crippen LogP contribution in [0.1, 0.15) is 27.1 Å². The maximum Gasteiger partial charge on any atom is 0.115 e. The lowest BCUT2D eigenvalue weighted by molar-refractivity contribution is 0.792. The molecule has 10 rings (SSSR count). The third-order valence-corrected chi connectivity index (χ3v) is 11.3. The van der Waals surface area contributed by atoms with Crippen LogP contribution in [0.3, 0.4) is 0 Å². The van der Waals surface area contributed by atoms with Gasteiger partial charge in [0.2, 0.25) is 0 Å². The molecule has 2 aliphatic carbocycles. The normalized spacial score (nSPS) is 13.9. The van der Waals surface area contributed by atoms with Gasteiger partial charge < -0.3 is 4.57 Å². The van der Waals surface area contributed by atoms with Crippen LogP contribution in [0.2, 0.25) is 0 Å². The number of hydrogen-bond donors (Lipinski definition) is 0. The molecule has 4 heteroatoms. The van der Waals surface area contributed by atoms with Crippen molar-refractivity contribution in [1.29, 1.82) is 0 Å². The lowest BCUT2D eigenvalue weighted by Gasteiger charge is -2.30. The minimum absolute atomic E-state index is 0.387. The fraction of sp³-hybridized carbons (Fsp3) is 0.0476. The lowest BCUT2D eigenvalue weighted by Crippen LogP contribution is -2.26. The largest absolute Gasteiger partial charge is 0.308 e. The standard InChI is InChI=1S/C42H27N3S/c1-25-39(44-24-43-2)33-22-21-32-31-14-6-10-18-38(31)45(40(32)41(33)46-25)26-19-20-30-29-13-5-9-17-36(29)42(37(30)23-26)34-15-7-3-11-27(34)28-12-4-8-16-35(28)42/h3-24H,2H2,1H3. The molecule has 46 heavy (non-hydrogen) atoms. The summed E-state index contributed by atoms with van der Waals surface area (Å²) in [6.45, 7) is 5.75. The Bertz CT molecular complexity index is 2570. The second-order valence-electron chi connectivity index (χ2n) is 12.2. The molecule has 2 aromatic heterocycles. The van der Waals surface area contributed by atoms with Crippen molar-refractivity contribution in [2.45, 2.75) is 12.3 Å². The van der Waals surface area contributed by atoms with Gasteiger partial charge in [-0.3, -0.25) is 4.99 Å². The second kappa shape index (κ2) is 9.23. The topological polar surface area (TPSA) is 29.6 Å².